The van der Waals surface area contributed by atoms with Crippen LogP contribution in [-0.4, -0.2) is 24.3 Å². The molecule has 4 rings (SSSR count). The summed E-state index contributed by atoms with van der Waals surface area (Å²) < 4.78 is 11.9. The van der Waals surface area contributed by atoms with Gasteiger partial charge in [0.25, 0.3) is 0 Å². The third-order valence-electron chi connectivity index (χ3n) is 5.91. The average Bonchev–Trinajstić information content (AvgIpc) is 2.81. The summed E-state index contributed by atoms with van der Waals surface area (Å²) in [6, 6.07) is 26.7. The van der Waals surface area contributed by atoms with E-state index in [2.05, 4.69) is 54.6 Å². The Hall–Kier alpha value is -3.11. The maximum atomic E-state index is 10.8. The molecular formula is C27H28O4. The van der Waals surface area contributed by atoms with E-state index in [1.807, 2.05) is 24.3 Å². The fraction of sp³-hybridized carbons (Fsp3) is 0.296. The fourth-order valence-electron chi connectivity index (χ4n) is 4.36. The van der Waals surface area contributed by atoms with Crippen molar-refractivity contribution in [1.82, 2.24) is 0 Å². The van der Waals surface area contributed by atoms with E-state index in [4.69, 9.17) is 14.6 Å². The number of aliphatic carboxylic acids is 1. The second-order valence-corrected chi connectivity index (χ2v) is 8.05. The first-order valence-corrected chi connectivity index (χ1v) is 10.9. The predicted octanol–water partition coefficient (Wildman–Crippen LogP) is 5.45. The van der Waals surface area contributed by atoms with Crippen molar-refractivity contribution in [1.29, 1.82) is 0 Å². The van der Waals surface area contributed by atoms with Crippen LogP contribution in [-0.2, 0) is 22.4 Å². The van der Waals surface area contributed by atoms with Crippen molar-refractivity contribution in [3.63, 3.8) is 0 Å². The van der Waals surface area contributed by atoms with Crippen LogP contribution in [0.5, 0.6) is 5.75 Å². The lowest BCUT2D eigenvalue weighted by Crippen LogP contribution is -2.19. The smallest absolute Gasteiger partial charge is 0.341 e. The Bertz CT molecular complexity index is 945. The zero-order chi connectivity index (χ0) is 21.5. The van der Waals surface area contributed by atoms with Gasteiger partial charge in [-0.05, 0) is 59.9 Å². The van der Waals surface area contributed by atoms with E-state index in [1.165, 1.54) is 16.7 Å². The Morgan fingerprint density at radius 3 is 2.26 bits per heavy atom. The molecule has 31 heavy (non-hydrogen) atoms. The Morgan fingerprint density at radius 1 is 0.935 bits per heavy atom. The molecule has 0 bridgehead atoms. The van der Waals surface area contributed by atoms with Gasteiger partial charge in [0.05, 0.1) is 0 Å². The van der Waals surface area contributed by atoms with Crippen molar-refractivity contribution in [3.8, 4) is 5.75 Å². The number of hydrogen-bond acceptors (Lipinski definition) is 3. The molecule has 0 saturated heterocycles. The van der Waals surface area contributed by atoms with Crippen molar-refractivity contribution in [3.05, 3.63) is 101 Å². The van der Waals surface area contributed by atoms with Crippen molar-refractivity contribution in [2.24, 2.45) is 5.92 Å². The van der Waals surface area contributed by atoms with E-state index in [1.54, 1.807) is 0 Å². The summed E-state index contributed by atoms with van der Waals surface area (Å²) in [5, 5.41) is 8.89. The van der Waals surface area contributed by atoms with E-state index in [-0.39, 0.29) is 12.7 Å². The Morgan fingerprint density at radius 2 is 1.61 bits per heavy atom. The van der Waals surface area contributed by atoms with Crippen LogP contribution in [0.4, 0.5) is 0 Å². The molecule has 0 heterocycles. The van der Waals surface area contributed by atoms with Gasteiger partial charge in [0, 0.05) is 6.61 Å². The van der Waals surface area contributed by atoms with Gasteiger partial charge < -0.3 is 14.6 Å². The van der Waals surface area contributed by atoms with Gasteiger partial charge in [-0.2, -0.15) is 0 Å². The van der Waals surface area contributed by atoms with Crippen LogP contribution >= 0.6 is 0 Å². The summed E-state index contributed by atoms with van der Waals surface area (Å²) in [6.45, 7) is 0.401. The number of rotatable bonds is 9. The zero-order valence-electron chi connectivity index (χ0n) is 17.6. The molecule has 160 valence electrons. The Kier molecular flexibility index (Phi) is 7.00. The normalized spacial score (nSPS) is 15.5. The Labute approximate surface area is 183 Å². The second-order valence-electron chi connectivity index (χ2n) is 8.05. The summed E-state index contributed by atoms with van der Waals surface area (Å²) in [5.74, 6) is 0.312. The SMILES string of the molecule is O=C(O)COc1cccc2c1CCC(CCOC(c1ccccc1)c1ccccc1)C2. The van der Waals surface area contributed by atoms with Gasteiger partial charge in [-0.1, -0.05) is 72.8 Å². The molecule has 4 heteroatoms. The van der Waals surface area contributed by atoms with Crippen LogP contribution in [0, 0.1) is 5.92 Å². The topological polar surface area (TPSA) is 55.8 Å². The summed E-state index contributed by atoms with van der Waals surface area (Å²) in [4.78, 5) is 10.8. The molecule has 0 radical (unpaired) electrons. The zero-order valence-corrected chi connectivity index (χ0v) is 17.6. The number of benzene rings is 3. The molecule has 0 amide bonds. The molecule has 3 aromatic carbocycles. The summed E-state index contributed by atoms with van der Waals surface area (Å²) >= 11 is 0. The molecule has 1 aliphatic carbocycles. The van der Waals surface area contributed by atoms with Crippen molar-refractivity contribution in [2.75, 3.05) is 13.2 Å². The van der Waals surface area contributed by atoms with Gasteiger partial charge in [-0.15, -0.1) is 0 Å². The molecule has 4 nitrogen and oxygen atoms in total. The first kappa shape index (κ1) is 21.1. The predicted molar refractivity (Wildman–Crippen MR) is 120 cm³/mol. The van der Waals surface area contributed by atoms with E-state index in [9.17, 15) is 4.79 Å². The quantitative estimate of drug-likeness (QED) is 0.504. The van der Waals surface area contributed by atoms with Gasteiger partial charge in [-0.25, -0.2) is 4.79 Å². The first-order valence-electron chi connectivity index (χ1n) is 10.9. The fourth-order valence-corrected chi connectivity index (χ4v) is 4.36. The van der Waals surface area contributed by atoms with Crippen LogP contribution in [0.15, 0.2) is 78.9 Å². The largest absolute Gasteiger partial charge is 0.482 e. The number of carboxylic acid groups (broad SMARTS) is 1. The number of carbonyl (C=O) groups is 1. The van der Waals surface area contributed by atoms with Crippen LogP contribution < -0.4 is 4.74 Å². The summed E-state index contributed by atoms with van der Waals surface area (Å²) in [6.07, 6.45) is 3.89. The van der Waals surface area contributed by atoms with E-state index < -0.39 is 5.97 Å². The van der Waals surface area contributed by atoms with Crippen LogP contribution in [0.2, 0.25) is 0 Å². The molecular weight excluding hydrogens is 388 g/mol. The second kappa shape index (κ2) is 10.3. The van der Waals surface area contributed by atoms with Crippen molar-refractivity contribution < 1.29 is 19.4 Å². The molecule has 3 aromatic rings. The summed E-state index contributed by atoms with van der Waals surface area (Å²) in [7, 11) is 0. The highest BCUT2D eigenvalue weighted by Crippen LogP contribution is 2.34. The van der Waals surface area contributed by atoms with E-state index >= 15 is 0 Å². The Balaban J connectivity index is 1.37. The number of carboxylic acids is 1. The number of fused-ring (bicyclic) bond motifs is 1. The third kappa shape index (κ3) is 5.53. The third-order valence-corrected chi connectivity index (χ3v) is 5.91. The molecule has 0 spiro atoms. The molecule has 0 fully saturated rings. The lowest BCUT2D eigenvalue weighted by atomic mass is 9.82. The van der Waals surface area contributed by atoms with Gasteiger partial charge in [-0.3, -0.25) is 0 Å². The van der Waals surface area contributed by atoms with Crippen LogP contribution in [0.3, 0.4) is 0 Å². The molecule has 1 atom stereocenters. The van der Waals surface area contributed by atoms with Gasteiger partial charge in [0.1, 0.15) is 11.9 Å². The van der Waals surface area contributed by atoms with Gasteiger partial charge >= 0.3 is 5.97 Å². The van der Waals surface area contributed by atoms with Crippen molar-refractivity contribution in [2.45, 2.75) is 31.8 Å². The molecule has 0 aromatic heterocycles. The van der Waals surface area contributed by atoms with E-state index in [0.29, 0.717) is 18.3 Å². The minimum atomic E-state index is -0.949. The molecule has 1 aliphatic rings. The highest BCUT2D eigenvalue weighted by atomic mass is 16.5. The molecule has 0 saturated carbocycles. The monoisotopic (exact) mass is 416 g/mol. The highest BCUT2D eigenvalue weighted by Gasteiger charge is 2.22. The van der Waals surface area contributed by atoms with Crippen LogP contribution in [0.1, 0.15) is 41.2 Å². The highest BCUT2D eigenvalue weighted by molar-refractivity contribution is 5.68. The first-order chi connectivity index (χ1) is 15.2. The summed E-state index contributed by atoms with van der Waals surface area (Å²) in [5.41, 5.74) is 4.76. The van der Waals surface area contributed by atoms with Crippen molar-refractivity contribution >= 4 is 5.97 Å². The van der Waals surface area contributed by atoms with Gasteiger partial charge in [0.2, 0.25) is 0 Å². The lowest BCUT2D eigenvalue weighted by Gasteiger charge is -2.27. The minimum Gasteiger partial charge on any atom is -0.482 e. The minimum absolute atomic E-state index is 0.0608. The van der Waals surface area contributed by atoms with Gasteiger partial charge in [0.15, 0.2) is 6.61 Å². The maximum Gasteiger partial charge on any atom is 0.341 e. The molecule has 1 N–H and O–H groups in total. The van der Waals surface area contributed by atoms with E-state index in [0.717, 1.165) is 31.2 Å². The maximum absolute atomic E-state index is 10.8. The lowest BCUT2D eigenvalue weighted by molar-refractivity contribution is -0.139. The average molecular weight is 417 g/mol. The molecule has 0 aliphatic heterocycles. The number of ether oxygens (including phenoxy) is 2. The standard InChI is InChI=1S/C27H28O4/c28-26(29)19-31-25-13-7-12-23-18-20(14-15-24(23)25)16-17-30-27(21-8-3-1-4-9-21)22-10-5-2-6-11-22/h1-13,20,27H,14-19H2,(H,28,29). The number of hydrogen-bond donors (Lipinski definition) is 1. The molecule has 1 unspecified atom stereocenters. The van der Waals surface area contributed by atoms with Crippen LogP contribution in [0.25, 0.3) is 0 Å².